The molecule has 1 fully saturated rings. The molecule has 2 aromatic carbocycles. The summed E-state index contributed by atoms with van der Waals surface area (Å²) in [6.07, 6.45) is 1.27. The third kappa shape index (κ3) is 4.76. The number of aromatic nitrogens is 4. The van der Waals surface area contributed by atoms with Crippen molar-refractivity contribution in [3.05, 3.63) is 76.4 Å². The lowest BCUT2D eigenvalue weighted by atomic mass is 10.1. The van der Waals surface area contributed by atoms with Gasteiger partial charge in [-0.2, -0.15) is 4.98 Å². The van der Waals surface area contributed by atoms with Gasteiger partial charge in [0.15, 0.2) is 10.8 Å². The Morgan fingerprint density at radius 1 is 0.970 bits per heavy atom. The van der Waals surface area contributed by atoms with Crippen molar-refractivity contribution in [2.24, 2.45) is 0 Å². The van der Waals surface area contributed by atoms with E-state index in [-0.39, 0.29) is 28.9 Å². The van der Waals surface area contributed by atoms with Crippen LogP contribution in [0.5, 0.6) is 11.5 Å². The number of benzene rings is 2. The number of halogens is 2. The lowest BCUT2D eigenvalue weighted by Gasteiger charge is -2.20. The van der Waals surface area contributed by atoms with Crippen molar-refractivity contribution < 1.29 is 14.2 Å². The van der Waals surface area contributed by atoms with Crippen molar-refractivity contribution in [1.29, 1.82) is 0 Å². The quantitative estimate of drug-likeness (QED) is 0.263. The molecule has 0 aliphatic carbocycles. The summed E-state index contributed by atoms with van der Waals surface area (Å²) in [4.78, 5) is 12.6. The van der Waals surface area contributed by atoms with Crippen LogP contribution in [0, 0.1) is 13.8 Å². The molecule has 0 bridgehead atoms. The van der Waals surface area contributed by atoms with Gasteiger partial charge in [0, 0.05) is 6.42 Å². The molecule has 0 N–H and O–H groups in total. The molecule has 1 saturated heterocycles. The average molecular weight is 485 g/mol. The van der Waals surface area contributed by atoms with E-state index in [1.807, 2.05) is 66.9 Å². The Morgan fingerprint density at radius 2 is 1.64 bits per heavy atom. The normalized spacial score (nSPS) is 20.3. The van der Waals surface area contributed by atoms with Crippen LogP contribution in [0.3, 0.4) is 0 Å². The van der Waals surface area contributed by atoms with Crippen LogP contribution in [0.15, 0.2) is 54.9 Å². The summed E-state index contributed by atoms with van der Waals surface area (Å²) in [7, 11) is 0. The lowest BCUT2D eigenvalue weighted by Crippen LogP contribution is -2.32. The number of ether oxygens (including phenoxy) is 3. The van der Waals surface area contributed by atoms with Crippen molar-refractivity contribution in [3.63, 3.8) is 0 Å². The van der Waals surface area contributed by atoms with E-state index in [0.717, 1.165) is 11.5 Å². The first-order valence-corrected chi connectivity index (χ1v) is 11.4. The molecule has 0 spiro atoms. The van der Waals surface area contributed by atoms with Crippen molar-refractivity contribution in [2.75, 3.05) is 6.61 Å². The first-order chi connectivity index (χ1) is 16.0. The Labute approximate surface area is 201 Å². The number of fused-ring (bicyclic) bond motifs is 1. The van der Waals surface area contributed by atoms with Gasteiger partial charge < -0.3 is 14.2 Å². The summed E-state index contributed by atoms with van der Waals surface area (Å²) in [5.74, 6) is 1.56. The molecular weight excluding hydrogens is 463 g/mol. The van der Waals surface area contributed by atoms with Crippen molar-refractivity contribution in [2.45, 2.75) is 38.7 Å². The molecule has 2 aromatic heterocycles. The maximum atomic E-state index is 6.37. The van der Waals surface area contributed by atoms with Gasteiger partial charge in [0.2, 0.25) is 5.28 Å². The highest BCUT2D eigenvalue weighted by Crippen LogP contribution is 2.35. The molecule has 1 aliphatic heterocycles. The Bertz CT molecular complexity index is 1260. The second-order valence-corrected chi connectivity index (χ2v) is 8.76. The number of hydrogen-bond donors (Lipinski definition) is 0. The van der Waals surface area contributed by atoms with Gasteiger partial charge in [-0.15, -0.1) is 0 Å². The van der Waals surface area contributed by atoms with Gasteiger partial charge in [0.05, 0.1) is 6.33 Å². The van der Waals surface area contributed by atoms with Gasteiger partial charge >= 0.3 is 0 Å². The molecule has 9 heteroatoms. The SMILES string of the molecule is Cc1ccc(OCC2OC(n3cnc4c(Cl)nc(Cl)nc43)CC2Oc2ccc(C)cc2)cc1. The minimum absolute atomic E-state index is 0.0546. The molecule has 3 heterocycles. The van der Waals surface area contributed by atoms with E-state index in [1.54, 1.807) is 6.33 Å². The molecule has 5 rings (SSSR count). The van der Waals surface area contributed by atoms with Crippen molar-refractivity contribution >= 4 is 34.4 Å². The maximum absolute atomic E-state index is 6.37. The fraction of sp³-hybridized carbons (Fsp3) is 0.292. The van der Waals surface area contributed by atoms with Crippen LogP contribution in [0.25, 0.3) is 11.2 Å². The molecule has 170 valence electrons. The minimum Gasteiger partial charge on any atom is -0.491 e. The fourth-order valence-corrected chi connectivity index (χ4v) is 4.24. The highest BCUT2D eigenvalue weighted by atomic mass is 35.5. The molecule has 0 saturated carbocycles. The molecule has 33 heavy (non-hydrogen) atoms. The zero-order valence-corrected chi connectivity index (χ0v) is 19.6. The largest absolute Gasteiger partial charge is 0.491 e. The van der Waals surface area contributed by atoms with Gasteiger partial charge in [-0.1, -0.05) is 47.0 Å². The highest BCUT2D eigenvalue weighted by molar-refractivity contribution is 6.35. The second-order valence-electron chi connectivity index (χ2n) is 8.07. The molecule has 3 unspecified atom stereocenters. The summed E-state index contributed by atoms with van der Waals surface area (Å²) in [5, 5.41) is 0.257. The average Bonchev–Trinajstić information content (AvgIpc) is 3.39. The van der Waals surface area contributed by atoms with E-state index in [1.165, 1.54) is 11.1 Å². The molecule has 0 radical (unpaired) electrons. The van der Waals surface area contributed by atoms with E-state index in [2.05, 4.69) is 15.0 Å². The van der Waals surface area contributed by atoms with Gasteiger partial charge in [0.1, 0.15) is 42.1 Å². The highest BCUT2D eigenvalue weighted by Gasteiger charge is 2.39. The van der Waals surface area contributed by atoms with Crippen molar-refractivity contribution in [1.82, 2.24) is 19.5 Å². The van der Waals surface area contributed by atoms with Gasteiger partial charge in [-0.25, -0.2) is 9.97 Å². The molecule has 7 nitrogen and oxygen atoms in total. The van der Waals surface area contributed by atoms with E-state index in [0.29, 0.717) is 24.2 Å². The monoisotopic (exact) mass is 484 g/mol. The number of nitrogens with zero attached hydrogens (tertiary/aromatic N) is 4. The third-order valence-corrected chi connectivity index (χ3v) is 6.02. The molecule has 1 aliphatic rings. The summed E-state index contributed by atoms with van der Waals surface area (Å²) < 4.78 is 20.5. The van der Waals surface area contributed by atoms with Gasteiger partial charge in [-0.05, 0) is 49.7 Å². The topological polar surface area (TPSA) is 71.3 Å². The van der Waals surface area contributed by atoms with Crippen LogP contribution in [-0.2, 0) is 4.74 Å². The van der Waals surface area contributed by atoms with Crippen LogP contribution < -0.4 is 9.47 Å². The predicted molar refractivity (Wildman–Crippen MR) is 126 cm³/mol. The predicted octanol–water partition coefficient (Wildman–Crippen LogP) is 5.56. The number of aryl methyl sites for hydroxylation is 2. The van der Waals surface area contributed by atoms with Crippen molar-refractivity contribution in [3.8, 4) is 11.5 Å². The smallest absolute Gasteiger partial charge is 0.225 e. The summed E-state index contributed by atoms with van der Waals surface area (Å²) in [6.45, 7) is 4.41. The summed E-state index contributed by atoms with van der Waals surface area (Å²) in [6, 6.07) is 15.9. The van der Waals surface area contributed by atoms with Crippen LogP contribution in [0.1, 0.15) is 23.8 Å². The number of imidazole rings is 1. The molecule has 3 atom stereocenters. The first kappa shape index (κ1) is 21.9. The van der Waals surface area contributed by atoms with Crippen LogP contribution >= 0.6 is 23.2 Å². The Morgan fingerprint density at radius 3 is 2.33 bits per heavy atom. The van der Waals surface area contributed by atoms with Crippen LogP contribution in [0.4, 0.5) is 0 Å². The summed E-state index contributed by atoms with van der Waals surface area (Å²) in [5.41, 5.74) is 3.33. The Balaban J connectivity index is 1.40. The van der Waals surface area contributed by atoms with E-state index < -0.39 is 0 Å². The van der Waals surface area contributed by atoms with Crippen LogP contribution in [-0.4, -0.2) is 38.3 Å². The van der Waals surface area contributed by atoms with Crippen LogP contribution in [0.2, 0.25) is 10.4 Å². The standard InChI is InChI=1S/C24H22Cl2N4O3/c1-14-3-7-16(8-4-14)31-12-19-18(32-17-9-5-15(2)6-10-17)11-20(33-19)30-13-27-21-22(25)28-24(26)29-23(21)30/h3-10,13,18-20H,11-12H2,1-2H3. The number of rotatable bonds is 6. The summed E-state index contributed by atoms with van der Waals surface area (Å²) >= 11 is 12.2. The zero-order valence-electron chi connectivity index (χ0n) is 18.1. The van der Waals surface area contributed by atoms with Gasteiger partial charge in [0.25, 0.3) is 0 Å². The molecular formula is C24H22Cl2N4O3. The Kier molecular flexibility index (Phi) is 6.10. The third-order valence-electron chi connectivity index (χ3n) is 5.59. The maximum Gasteiger partial charge on any atom is 0.225 e. The van der Waals surface area contributed by atoms with E-state index >= 15 is 0 Å². The molecule has 0 amide bonds. The second kappa shape index (κ2) is 9.17. The number of hydrogen-bond acceptors (Lipinski definition) is 6. The van der Waals surface area contributed by atoms with E-state index in [4.69, 9.17) is 37.4 Å². The zero-order chi connectivity index (χ0) is 22.9. The lowest BCUT2D eigenvalue weighted by molar-refractivity contribution is -0.0341. The fourth-order valence-electron chi connectivity index (χ4n) is 3.82. The Hall–Kier alpha value is -2.87. The minimum atomic E-state index is -0.376. The first-order valence-electron chi connectivity index (χ1n) is 10.6. The van der Waals surface area contributed by atoms with E-state index in [9.17, 15) is 0 Å². The molecule has 4 aromatic rings. The van der Waals surface area contributed by atoms with Gasteiger partial charge in [-0.3, -0.25) is 4.57 Å².